The van der Waals surface area contributed by atoms with Crippen LogP contribution in [0.5, 0.6) is 0 Å². The summed E-state index contributed by atoms with van der Waals surface area (Å²) in [5, 5.41) is 34.5. The van der Waals surface area contributed by atoms with E-state index in [-0.39, 0.29) is 42.6 Å². The minimum Gasteiger partial charge on any atom is -0.480 e. The standard InChI is InChI=1S/C10H16N2O8.IO4.Na/c13-7(14)3-11(4-8(15)16)1-2-12(5-9(17)18)6-10(19)20;2-1(3,4)5;/h1-6H2,(H,13,14)(H,15,16)(H,17,18)(H,19,20);;/q;-1;+1. The Labute approximate surface area is 175 Å². The Balaban J connectivity index is -0.000000772. The van der Waals surface area contributed by atoms with Crippen molar-refractivity contribution in [3.05, 3.63) is 0 Å². The molecule has 0 fully saturated rings. The molecule has 0 bridgehead atoms. The van der Waals surface area contributed by atoms with Crippen LogP contribution in [0.25, 0.3) is 0 Å². The number of hydrogen-bond donors (Lipinski definition) is 4. The van der Waals surface area contributed by atoms with E-state index >= 15 is 0 Å². The van der Waals surface area contributed by atoms with Gasteiger partial charge in [0.2, 0.25) is 0 Å². The molecule has 0 aliphatic carbocycles. The second-order valence-corrected chi connectivity index (χ2v) is 6.53. The Bertz CT molecular complexity index is 397. The molecule has 0 aliphatic heterocycles. The molecular formula is C10H16IN2NaO12. The predicted molar refractivity (Wildman–Crippen MR) is 63.4 cm³/mol. The molecule has 14 nitrogen and oxygen atoms in total. The zero-order valence-electron chi connectivity index (χ0n) is 13.6. The molecule has 0 aromatic carbocycles. The van der Waals surface area contributed by atoms with Gasteiger partial charge in [-0.2, -0.15) is 0 Å². The molecule has 0 heterocycles. The quantitative estimate of drug-likeness (QED) is 0.150. The van der Waals surface area contributed by atoms with Crippen molar-refractivity contribution in [2.75, 3.05) is 39.3 Å². The maximum absolute atomic E-state index is 10.6. The molecule has 0 spiro atoms. The van der Waals surface area contributed by atoms with Crippen LogP contribution in [0.4, 0.5) is 0 Å². The molecule has 0 aromatic heterocycles. The Morgan fingerprint density at radius 1 is 0.615 bits per heavy atom. The van der Waals surface area contributed by atoms with Crippen LogP contribution in [-0.2, 0) is 19.2 Å². The van der Waals surface area contributed by atoms with Crippen LogP contribution in [0.1, 0.15) is 0 Å². The fraction of sp³-hybridized carbons (Fsp3) is 0.600. The van der Waals surface area contributed by atoms with Crippen LogP contribution >= 0.6 is 0 Å². The van der Waals surface area contributed by atoms with Crippen molar-refractivity contribution in [2.45, 2.75) is 0 Å². The maximum atomic E-state index is 10.6. The van der Waals surface area contributed by atoms with Crippen LogP contribution in [0, 0.1) is 0 Å². The number of carboxylic acids is 4. The molecule has 146 valence electrons. The van der Waals surface area contributed by atoms with E-state index in [1.807, 2.05) is 0 Å². The summed E-state index contributed by atoms with van der Waals surface area (Å²) in [6.45, 7) is -2.25. The molecule has 4 N–H and O–H groups in total. The predicted octanol–water partition coefficient (Wildman–Crippen LogP) is -12.8. The number of aliphatic carboxylic acids is 4. The fourth-order valence-corrected chi connectivity index (χ4v) is 1.48. The Morgan fingerprint density at radius 2 is 0.769 bits per heavy atom. The van der Waals surface area contributed by atoms with Crippen molar-refractivity contribution in [3.63, 3.8) is 0 Å². The SMILES string of the molecule is O=C(O)CN(CCN(CC(=O)O)CC(=O)O)CC(=O)O.[Na+].[O-][I+3]([O-])([O-])[O-]. The molecule has 0 rings (SSSR count). The van der Waals surface area contributed by atoms with Crippen LogP contribution in [-0.4, -0.2) is 93.4 Å². The number of nitrogens with zero attached hydrogens (tertiary/aromatic N) is 2. The van der Waals surface area contributed by atoms with Crippen molar-refractivity contribution < 1.29 is 103 Å². The van der Waals surface area contributed by atoms with Crippen molar-refractivity contribution in [1.82, 2.24) is 9.80 Å². The zero-order valence-corrected chi connectivity index (χ0v) is 17.7. The van der Waals surface area contributed by atoms with Crippen molar-refractivity contribution in [3.8, 4) is 0 Å². The van der Waals surface area contributed by atoms with Crippen molar-refractivity contribution >= 4 is 23.9 Å². The van der Waals surface area contributed by atoms with Gasteiger partial charge in [-0.3, -0.25) is 42.7 Å². The van der Waals surface area contributed by atoms with Gasteiger partial charge in [0.05, 0.1) is 26.2 Å². The maximum Gasteiger partial charge on any atom is 1.00 e. The number of hydrogen-bond acceptors (Lipinski definition) is 10. The summed E-state index contributed by atoms with van der Waals surface area (Å²) in [5.74, 6) is -4.91. The number of halogens is 1. The summed E-state index contributed by atoms with van der Waals surface area (Å²) < 4.78 is 34.5. The van der Waals surface area contributed by atoms with E-state index in [0.717, 1.165) is 9.80 Å². The fourth-order valence-electron chi connectivity index (χ4n) is 1.48. The smallest absolute Gasteiger partial charge is 0.480 e. The molecule has 16 heteroatoms. The molecule has 0 saturated carbocycles. The minimum absolute atomic E-state index is 0. The summed E-state index contributed by atoms with van der Waals surface area (Å²) in [4.78, 5) is 44.4. The van der Waals surface area contributed by atoms with Gasteiger partial charge in [-0.25, -0.2) is 0 Å². The summed E-state index contributed by atoms with van der Waals surface area (Å²) in [6, 6.07) is 0. The van der Waals surface area contributed by atoms with Gasteiger partial charge in [-0.05, 0) is 0 Å². The van der Waals surface area contributed by atoms with Crippen LogP contribution in [0.3, 0.4) is 0 Å². The van der Waals surface area contributed by atoms with Gasteiger partial charge in [-0.15, -0.1) is 0 Å². The molecular weight excluding hydrogens is 490 g/mol. The van der Waals surface area contributed by atoms with Crippen molar-refractivity contribution in [1.29, 1.82) is 0 Å². The third kappa shape index (κ3) is 28.2. The summed E-state index contributed by atoms with van der Waals surface area (Å²) in [7, 11) is 0. The normalized spacial score (nSPS) is 10.5. The van der Waals surface area contributed by atoms with E-state index in [2.05, 4.69) is 0 Å². The van der Waals surface area contributed by atoms with Crippen LogP contribution in [0.15, 0.2) is 0 Å². The van der Waals surface area contributed by atoms with Gasteiger partial charge in [0, 0.05) is 13.1 Å². The third-order valence-electron chi connectivity index (χ3n) is 2.17. The van der Waals surface area contributed by atoms with E-state index < -0.39 is 70.1 Å². The van der Waals surface area contributed by atoms with E-state index in [9.17, 15) is 19.2 Å². The first-order valence-corrected chi connectivity index (χ1v) is 9.66. The molecule has 0 aromatic rings. The number of carboxylic acid groups (broad SMARTS) is 4. The molecule has 0 aliphatic rings. The second-order valence-electron chi connectivity index (χ2n) is 4.37. The number of carbonyl (C=O) groups is 4. The van der Waals surface area contributed by atoms with E-state index in [0.29, 0.717) is 0 Å². The van der Waals surface area contributed by atoms with Crippen LogP contribution in [0.2, 0.25) is 0 Å². The van der Waals surface area contributed by atoms with Gasteiger partial charge >= 0.3 is 53.4 Å². The van der Waals surface area contributed by atoms with Crippen molar-refractivity contribution in [2.24, 2.45) is 0 Å². The largest absolute Gasteiger partial charge is 1.00 e. The molecule has 26 heavy (non-hydrogen) atoms. The summed E-state index contributed by atoms with van der Waals surface area (Å²) in [6.07, 6.45) is 0. The molecule has 0 unspecified atom stereocenters. The van der Waals surface area contributed by atoms with Crippen LogP contribution < -0.4 is 63.4 Å². The third-order valence-corrected chi connectivity index (χ3v) is 2.17. The van der Waals surface area contributed by atoms with Gasteiger partial charge in [0.25, 0.3) is 0 Å². The first-order chi connectivity index (χ1) is 11.2. The molecule has 0 saturated heterocycles. The summed E-state index contributed by atoms with van der Waals surface area (Å²) in [5.41, 5.74) is 0. The van der Waals surface area contributed by atoms with E-state index in [1.165, 1.54) is 0 Å². The molecule has 0 radical (unpaired) electrons. The second kappa shape index (κ2) is 15.4. The van der Waals surface area contributed by atoms with Gasteiger partial charge in [0.1, 0.15) is 20.1 Å². The van der Waals surface area contributed by atoms with Gasteiger partial charge in [0.15, 0.2) is 0 Å². The summed E-state index contributed by atoms with van der Waals surface area (Å²) >= 11 is -5.94. The van der Waals surface area contributed by atoms with Gasteiger partial charge in [-0.1, -0.05) is 0 Å². The minimum atomic E-state index is -5.94. The average molecular weight is 506 g/mol. The zero-order chi connectivity index (χ0) is 20.2. The monoisotopic (exact) mass is 506 g/mol. The number of rotatable bonds is 11. The first kappa shape index (κ1) is 30.1. The van der Waals surface area contributed by atoms with E-state index in [4.69, 9.17) is 34.2 Å². The molecule has 0 atom stereocenters. The Hall–Kier alpha value is -0.630. The van der Waals surface area contributed by atoms with Gasteiger partial charge < -0.3 is 20.4 Å². The topological polar surface area (TPSA) is 248 Å². The molecule has 0 amide bonds. The Kier molecular flexibility index (Phi) is 17.9. The Morgan fingerprint density at radius 3 is 0.885 bits per heavy atom. The first-order valence-electron chi connectivity index (χ1n) is 6.14. The average Bonchev–Trinajstić information content (AvgIpc) is 2.30. The van der Waals surface area contributed by atoms with E-state index in [1.54, 1.807) is 0 Å².